The predicted octanol–water partition coefficient (Wildman–Crippen LogP) is 2.92. The molecule has 0 spiro atoms. The molecule has 0 radical (unpaired) electrons. The quantitative estimate of drug-likeness (QED) is 0.679. The number of halogens is 1. The average molecular weight is 389 g/mol. The number of aryl methyl sites for hydroxylation is 1. The number of nitrogens with two attached hydrogens (primary N) is 1. The molecule has 0 aromatic carbocycles. The first-order valence-electron chi connectivity index (χ1n) is 7.30. The van der Waals surface area contributed by atoms with Gasteiger partial charge in [0, 0.05) is 23.1 Å². The lowest BCUT2D eigenvalue weighted by Crippen LogP contribution is -2.17. The fourth-order valence-corrected chi connectivity index (χ4v) is 3.84. The minimum Gasteiger partial charge on any atom is -0.351 e. The van der Waals surface area contributed by atoms with E-state index in [-0.39, 0.29) is 24.2 Å². The van der Waals surface area contributed by atoms with Crippen molar-refractivity contribution in [2.45, 2.75) is 33.2 Å². The standard InChI is InChI=1S/C15H20N4O2S2.ClH/c1-9-14(12-6-5-11(23-12)8-17-10(2)20)19-15(22-9)18-13(21)4-3-7-16;/h5-6H,3-4,7-8,16H2,1-2H3,(H,17,20)(H,18,19,21);1H. The van der Waals surface area contributed by atoms with Crippen LogP contribution in [0.1, 0.15) is 29.5 Å². The first-order chi connectivity index (χ1) is 11.0. The van der Waals surface area contributed by atoms with Crippen molar-refractivity contribution in [1.29, 1.82) is 0 Å². The van der Waals surface area contributed by atoms with Gasteiger partial charge in [0.2, 0.25) is 11.8 Å². The Kier molecular flexibility index (Phi) is 8.34. The summed E-state index contributed by atoms with van der Waals surface area (Å²) in [5.74, 6) is -0.111. The molecule has 0 unspecified atom stereocenters. The van der Waals surface area contributed by atoms with Crippen LogP contribution >= 0.6 is 35.1 Å². The maximum atomic E-state index is 11.7. The summed E-state index contributed by atoms with van der Waals surface area (Å²) in [6.07, 6.45) is 1.07. The molecule has 2 aromatic rings. The smallest absolute Gasteiger partial charge is 0.226 e. The molecule has 0 bridgehead atoms. The van der Waals surface area contributed by atoms with Crippen molar-refractivity contribution < 1.29 is 9.59 Å². The molecule has 0 saturated carbocycles. The Morgan fingerprint density at radius 1 is 1.29 bits per heavy atom. The number of aromatic nitrogens is 1. The molecule has 24 heavy (non-hydrogen) atoms. The number of amides is 2. The Labute approximate surface area is 155 Å². The monoisotopic (exact) mass is 388 g/mol. The molecule has 4 N–H and O–H groups in total. The molecule has 0 aliphatic rings. The van der Waals surface area contributed by atoms with Crippen molar-refractivity contribution in [3.63, 3.8) is 0 Å². The number of carbonyl (C=O) groups excluding carboxylic acids is 2. The highest BCUT2D eigenvalue weighted by Gasteiger charge is 2.14. The van der Waals surface area contributed by atoms with Crippen LogP contribution in [0.15, 0.2) is 12.1 Å². The van der Waals surface area contributed by atoms with Crippen LogP contribution in [0.25, 0.3) is 10.6 Å². The normalized spacial score (nSPS) is 10.1. The number of hydrogen-bond donors (Lipinski definition) is 3. The molecule has 0 aliphatic heterocycles. The number of nitrogens with one attached hydrogen (secondary N) is 2. The summed E-state index contributed by atoms with van der Waals surface area (Å²) in [5, 5.41) is 6.20. The van der Waals surface area contributed by atoms with E-state index in [1.165, 1.54) is 18.3 Å². The number of thiophene rings is 1. The van der Waals surface area contributed by atoms with E-state index in [0.717, 1.165) is 20.3 Å². The van der Waals surface area contributed by atoms with Gasteiger partial charge in [-0.25, -0.2) is 4.98 Å². The molecule has 0 fully saturated rings. The van der Waals surface area contributed by atoms with Crippen molar-refractivity contribution >= 4 is 52.0 Å². The summed E-state index contributed by atoms with van der Waals surface area (Å²) < 4.78 is 0. The van der Waals surface area contributed by atoms with Gasteiger partial charge in [-0.2, -0.15) is 0 Å². The first-order valence-corrected chi connectivity index (χ1v) is 8.93. The van der Waals surface area contributed by atoms with Crippen molar-refractivity contribution in [2.24, 2.45) is 5.73 Å². The average Bonchev–Trinajstić information content (AvgIpc) is 3.09. The van der Waals surface area contributed by atoms with E-state index in [9.17, 15) is 9.59 Å². The van der Waals surface area contributed by atoms with Gasteiger partial charge in [-0.05, 0) is 32.0 Å². The van der Waals surface area contributed by atoms with E-state index in [2.05, 4.69) is 15.6 Å². The topological polar surface area (TPSA) is 97.1 Å². The minimum absolute atomic E-state index is 0. The predicted molar refractivity (Wildman–Crippen MR) is 102 cm³/mol. The van der Waals surface area contributed by atoms with Gasteiger partial charge >= 0.3 is 0 Å². The van der Waals surface area contributed by atoms with Crippen LogP contribution in [-0.2, 0) is 16.1 Å². The van der Waals surface area contributed by atoms with Gasteiger partial charge in [-0.1, -0.05) is 0 Å². The van der Waals surface area contributed by atoms with Crippen LogP contribution < -0.4 is 16.4 Å². The van der Waals surface area contributed by atoms with Crippen molar-refractivity contribution in [3.8, 4) is 10.6 Å². The maximum Gasteiger partial charge on any atom is 0.226 e. The second-order valence-electron chi connectivity index (χ2n) is 5.04. The number of rotatable bonds is 7. The highest BCUT2D eigenvalue weighted by atomic mass is 35.5. The van der Waals surface area contributed by atoms with Gasteiger partial charge in [0.25, 0.3) is 0 Å². The molecule has 2 amide bonds. The number of carbonyl (C=O) groups is 2. The van der Waals surface area contributed by atoms with E-state index in [4.69, 9.17) is 5.73 Å². The van der Waals surface area contributed by atoms with Gasteiger partial charge in [-0.3, -0.25) is 9.59 Å². The van der Waals surface area contributed by atoms with Crippen LogP contribution in [0.2, 0.25) is 0 Å². The van der Waals surface area contributed by atoms with Crippen LogP contribution in [0.3, 0.4) is 0 Å². The molecule has 0 atom stereocenters. The lowest BCUT2D eigenvalue weighted by Gasteiger charge is -1.99. The molecule has 0 aliphatic carbocycles. The SMILES string of the molecule is CC(=O)NCc1ccc(-c2nc(NC(=O)CCCN)sc2C)s1.Cl. The summed E-state index contributed by atoms with van der Waals surface area (Å²) in [4.78, 5) is 30.4. The number of nitrogens with zero attached hydrogens (tertiary/aromatic N) is 1. The zero-order valence-electron chi connectivity index (χ0n) is 13.5. The Balaban J connectivity index is 0.00000288. The second kappa shape index (κ2) is 9.73. The lowest BCUT2D eigenvalue weighted by molar-refractivity contribution is -0.119. The second-order valence-corrected chi connectivity index (χ2v) is 7.41. The minimum atomic E-state index is -0.0618. The number of hydrogen-bond acceptors (Lipinski definition) is 6. The van der Waals surface area contributed by atoms with Gasteiger partial charge in [0.15, 0.2) is 5.13 Å². The molecular formula is C15H21ClN4O2S2. The van der Waals surface area contributed by atoms with E-state index in [1.54, 1.807) is 11.3 Å². The maximum absolute atomic E-state index is 11.7. The van der Waals surface area contributed by atoms with Crippen LogP contribution in [-0.4, -0.2) is 23.3 Å². The highest BCUT2D eigenvalue weighted by Crippen LogP contribution is 2.34. The van der Waals surface area contributed by atoms with Crippen molar-refractivity contribution in [1.82, 2.24) is 10.3 Å². The van der Waals surface area contributed by atoms with E-state index >= 15 is 0 Å². The summed E-state index contributed by atoms with van der Waals surface area (Å²) in [7, 11) is 0. The Hall–Kier alpha value is -1.48. The van der Waals surface area contributed by atoms with Crippen LogP contribution in [0.4, 0.5) is 5.13 Å². The molecule has 2 rings (SSSR count). The first kappa shape index (κ1) is 20.6. The van der Waals surface area contributed by atoms with Gasteiger partial charge < -0.3 is 16.4 Å². The summed E-state index contributed by atoms with van der Waals surface area (Å²) in [6.45, 7) is 4.50. The Bertz CT molecular complexity index is 699. The largest absolute Gasteiger partial charge is 0.351 e. The molecule has 9 heteroatoms. The molecule has 132 valence electrons. The van der Waals surface area contributed by atoms with Gasteiger partial charge in [0.1, 0.15) is 0 Å². The Morgan fingerprint density at radius 3 is 2.71 bits per heavy atom. The fourth-order valence-electron chi connectivity index (χ4n) is 1.93. The number of anilines is 1. The molecule has 0 saturated heterocycles. The number of thiazole rings is 1. The van der Waals surface area contributed by atoms with E-state index in [1.807, 2.05) is 19.1 Å². The molecule has 6 nitrogen and oxygen atoms in total. The lowest BCUT2D eigenvalue weighted by atomic mass is 10.3. The van der Waals surface area contributed by atoms with Crippen LogP contribution in [0.5, 0.6) is 0 Å². The summed E-state index contributed by atoms with van der Waals surface area (Å²) in [5.41, 5.74) is 6.28. The fraction of sp³-hybridized carbons (Fsp3) is 0.400. The van der Waals surface area contributed by atoms with Crippen molar-refractivity contribution in [2.75, 3.05) is 11.9 Å². The summed E-state index contributed by atoms with van der Waals surface area (Å²) in [6, 6.07) is 3.97. The van der Waals surface area contributed by atoms with E-state index < -0.39 is 0 Å². The third-order valence-electron chi connectivity index (χ3n) is 3.06. The van der Waals surface area contributed by atoms with Crippen LogP contribution in [0, 0.1) is 6.92 Å². The third kappa shape index (κ3) is 5.86. The van der Waals surface area contributed by atoms with Gasteiger partial charge in [-0.15, -0.1) is 35.1 Å². The molecule has 2 aromatic heterocycles. The third-order valence-corrected chi connectivity index (χ3v) is 5.04. The van der Waals surface area contributed by atoms with E-state index in [0.29, 0.717) is 31.1 Å². The zero-order chi connectivity index (χ0) is 16.8. The Morgan fingerprint density at radius 2 is 2.04 bits per heavy atom. The van der Waals surface area contributed by atoms with Gasteiger partial charge in [0.05, 0.1) is 17.1 Å². The van der Waals surface area contributed by atoms with Crippen molar-refractivity contribution in [3.05, 3.63) is 21.9 Å². The summed E-state index contributed by atoms with van der Waals surface area (Å²) >= 11 is 3.05. The molecule has 2 heterocycles. The molecular weight excluding hydrogens is 368 g/mol. The highest BCUT2D eigenvalue weighted by molar-refractivity contribution is 7.18. The zero-order valence-corrected chi connectivity index (χ0v) is 16.0.